The van der Waals surface area contributed by atoms with E-state index in [0.717, 1.165) is 0 Å². The van der Waals surface area contributed by atoms with Crippen molar-refractivity contribution in [1.29, 1.82) is 1.28 Å². The van der Waals surface area contributed by atoms with Crippen LogP contribution in [0.25, 0.3) is 0 Å². The maximum Gasteiger partial charge on any atom is 0.395 e. The molecule has 0 aliphatic heterocycles. The molecule has 0 spiro atoms. The Morgan fingerprint density at radius 3 is 2.25 bits per heavy atom. The number of hydrogen-bond acceptors (Lipinski definition) is 3. The molecule has 12 heavy (non-hydrogen) atoms. The van der Waals surface area contributed by atoms with E-state index in [0.29, 0.717) is 4.62 Å². The summed E-state index contributed by atoms with van der Waals surface area (Å²) in [5, 5.41) is 5.90. The van der Waals surface area contributed by atoms with Crippen LogP contribution in [-0.2, 0) is 4.57 Å². The van der Waals surface area contributed by atoms with Crippen molar-refractivity contribution in [3.63, 3.8) is 0 Å². The van der Waals surface area contributed by atoms with Crippen molar-refractivity contribution in [3.05, 3.63) is 40.4 Å². The number of hydrogen-bond donors (Lipinski definition) is 0. The van der Waals surface area contributed by atoms with Crippen LogP contribution in [0.1, 0.15) is 0 Å². The Bertz CT molecular complexity index is 314. The van der Waals surface area contributed by atoms with Crippen molar-refractivity contribution < 1.29 is 4.57 Å². The highest BCUT2D eigenvalue weighted by molar-refractivity contribution is 7.46. The quantitative estimate of drug-likeness (QED) is 0.669. The third-order valence-electron chi connectivity index (χ3n) is 1.02. The van der Waals surface area contributed by atoms with E-state index >= 15 is 0 Å². The van der Waals surface area contributed by atoms with Gasteiger partial charge in [-0.3, -0.25) is 0 Å². The second kappa shape index (κ2) is 6.06. The lowest BCUT2D eigenvalue weighted by atomic mass is 10.7. The summed E-state index contributed by atoms with van der Waals surface area (Å²) in [5.74, 6) is 0. The fourth-order valence-corrected chi connectivity index (χ4v) is 1.96. The van der Waals surface area contributed by atoms with E-state index < -0.39 is 8.41 Å². The van der Waals surface area contributed by atoms with Gasteiger partial charge < -0.3 is 0 Å². The first-order chi connectivity index (χ1) is 6.30. The average molecular weight is 216 g/mol. The monoisotopic (exact) mass is 216 g/mol. The third-order valence-corrected chi connectivity index (χ3v) is 3.19. The molecule has 0 fully saturated rings. The maximum atomic E-state index is 10.3. The SMILES string of the molecule is [2H][P+](=O)c1cccs1.c1ccsc1. The minimum Gasteiger partial charge on any atom is -0.152 e. The van der Waals surface area contributed by atoms with Crippen molar-refractivity contribution in [2.45, 2.75) is 0 Å². The molecule has 2 aromatic rings. The third kappa shape index (κ3) is 3.77. The standard InChI is InChI=1S/C4H3OPS.C4H4S/c5-6-4-2-1-3-7-4;1-2-4-5-3-1/h1-3H;1-4H/p+1/i/hD. The van der Waals surface area contributed by atoms with E-state index in [1.165, 1.54) is 11.3 Å². The summed E-state index contributed by atoms with van der Waals surface area (Å²) < 4.78 is 17.7. The van der Waals surface area contributed by atoms with Crippen LogP contribution in [0.2, 0.25) is 0 Å². The van der Waals surface area contributed by atoms with Crippen LogP contribution in [0.15, 0.2) is 40.4 Å². The molecule has 0 bridgehead atoms. The van der Waals surface area contributed by atoms with Crippen LogP contribution in [0.5, 0.6) is 0 Å². The fraction of sp³-hybridized carbons (Fsp3) is 0. The second-order valence-corrected chi connectivity index (χ2v) is 4.57. The van der Waals surface area contributed by atoms with Gasteiger partial charge in [-0.1, -0.05) is 28.0 Å². The van der Waals surface area contributed by atoms with Crippen molar-refractivity contribution in [1.82, 2.24) is 0 Å². The predicted octanol–water partition coefficient (Wildman–Crippen LogP) is 3.15. The van der Waals surface area contributed by atoms with Crippen LogP contribution in [0.3, 0.4) is 0 Å². The molecule has 1 nitrogen and oxygen atoms in total. The van der Waals surface area contributed by atoms with Crippen molar-refractivity contribution >= 4 is 35.7 Å². The molecule has 2 aromatic heterocycles. The summed E-state index contributed by atoms with van der Waals surface area (Å²) in [4.78, 5) is 0. The highest BCUT2D eigenvalue weighted by atomic mass is 32.1. The van der Waals surface area contributed by atoms with E-state index in [9.17, 15) is 4.57 Å². The van der Waals surface area contributed by atoms with Gasteiger partial charge in [0, 0.05) is 6.07 Å². The first kappa shape index (κ1) is 8.11. The first-order valence-corrected chi connectivity index (χ1v) is 5.91. The molecule has 0 radical (unpaired) electrons. The van der Waals surface area contributed by atoms with Crippen molar-refractivity contribution in [2.24, 2.45) is 0 Å². The molecular weight excluding hydrogens is 207 g/mol. The molecule has 0 amide bonds. The van der Waals surface area contributed by atoms with Gasteiger partial charge in [0.2, 0.25) is 4.62 Å². The van der Waals surface area contributed by atoms with E-state index in [1.54, 1.807) is 23.5 Å². The number of rotatable bonds is 1. The molecule has 2 heterocycles. The average Bonchev–Trinajstić information content (AvgIpc) is 2.82. The Kier molecular flexibility index (Phi) is 4.10. The lowest BCUT2D eigenvalue weighted by Crippen LogP contribution is -1.72. The molecule has 1 atom stereocenters. The zero-order valence-electron chi connectivity index (χ0n) is 7.21. The Morgan fingerprint density at radius 1 is 1.25 bits per heavy atom. The van der Waals surface area contributed by atoms with Gasteiger partial charge in [-0.05, 0) is 22.2 Å². The van der Waals surface area contributed by atoms with Crippen LogP contribution < -0.4 is 4.62 Å². The fourth-order valence-electron chi connectivity index (χ4n) is 0.549. The second-order valence-electron chi connectivity index (χ2n) is 1.84. The Morgan fingerprint density at radius 2 is 2.00 bits per heavy atom. The zero-order chi connectivity index (χ0) is 9.52. The predicted molar refractivity (Wildman–Crippen MR) is 57.3 cm³/mol. The Balaban J connectivity index is 0.000000145. The van der Waals surface area contributed by atoms with E-state index in [-0.39, 0.29) is 0 Å². The van der Waals surface area contributed by atoms with Gasteiger partial charge in [0.05, 0.1) is 0 Å². The van der Waals surface area contributed by atoms with Gasteiger partial charge >= 0.3 is 9.68 Å². The maximum absolute atomic E-state index is 10.3. The molecule has 0 saturated carbocycles. The Hall–Kier alpha value is -0.500. The van der Waals surface area contributed by atoms with Gasteiger partial charge in [-0.25, -0.2) is 0 Å². The van der Waals surface area contributed by atoms with E-state index in [2.05, 4.69) is 0 Å². The molecule has 0 aliphatic rings. The molecule has 62 valence electrons. The number of thiophene rings is 2. The zero-order valence-corrected chi connectivity index (χ0v) is 8.74. The summed E-state index contributed by atoms with van der Waals surface area (Å²) in [6.07, 6.45) is 0. The Labute approximate surface area is 82.2 Å². The molecule has 0 saturated heterocycles. The van der Waals surface area contributed by atoms with Crippen LogP contribution in [-0.4, -0.2) is 1.28 Å². The van der Waals surface area contributed by atoms with Gasteiger partial charge in [0.1, 0.15) is 0 Å². The van der Waals surface area contributed by atoms with Gasteiger partial charge in [0.15, 0.2) is 0 Å². The molecule has 4 heteroatoms. The highest BCUT2D eigenvalue weighted by Gasteiger charge is 1.95. The van der Waals surface area contributed by atoms with Gasteiger partial charge in [0.25, 0.3) is 0 Å². The smallest absolute Gasteiger partial charge is 0.152 e. The van der Waals surface area contributed by atoms with Gasteiger partial charge in [-0.15, -0.1) is 0 Å². The minimum atomic E-state index is -1.84. The normalized spacial score (nSPS) is 11.0. The lowest BCUT2D eigenvalue weighted by Gasteiger charge is -1.52. The molecule has 0 aliphatic carbocycles. The highest BCUT2D eigenvalue weighted by Crippen LogP contribution is 2.01. The van der Waals surface area contributed by atoms with Crippen LogP contribution in [0, 0.1) is 0 Å². The lowest BCUT2D eigenvalue weighted by molar-refractivity contribution is 0.603. The first-order valence-electron chi connectivity index (χ1n) is 3.72. The molecule has 1 unspecified atom stereocenters. The van der Waals surface area contributed by atoms with Gasteiger partial charge in [-0.2, -0.15) is 11.3 Å². The molecule has 0 N–H and O–H groups in total. The van der Waals surface area contributed by atoms with Crippen molar-refractivity contribution in [3.8, 4) is 0 Å². The molecule has 0 aromatic carbocycles. The van der Waals surface area contributed by atoms with E-state index in [1.807, 2.05) is 28.3 Å². The summed E-state index contributed by atoms with van der Waals surface area (Å²) in [6, 6.07) is 7.54. The topological polar surface area (TPSA) is 17.1 Å². The largest absolute Gasteiger partial charge is 0.395 e. The van der Waals surface area contributed by atoms with Crippen LogP contribution >= 0.6 is 31.1 Å². The van der Waals surface area contributed by atoms with Crippen molar-refractivity contribution in [2.75, 3.05) is 0 Å². The summed E-state index contributed by atoms with van der Waals surface area (Å²) >= 11 is 3.07. The summed E-state index contributed by atoms with van der Waals surface area (Å²) in [5.41, 5.74) is 0. The summed E-state index contributed by atoms with van der Waals surface area (Å²) in [7, 11) is -1.84. The van der Waals surface area contributed by atoms with Crippen LogP contribution in [0.4, 0.5) is 0 Å². The minimum absolute atomic E-state index is 0.653. The molecule has 2 rings (SSSR count). The summed E-state index contributed by atoms with van der Waals surface area (Å²) in [6.45, 7) is 0. The van der Waals surface area contributed by atoms with E-state index in [4.69, 9.17) is 1.28 Å². The molecular formula is C8H8OPS2+.